The van der Waals surface area contributed by atoms with Crippen molar-refractivity contribution in [3.8, 4) is 11.5 Å². The van der Waals surface area contributed by atoms with Gasteiger partial charge in [0.15, 0.2) is 11.5 Å². The molecule has 1 N–H and O–H groups in total. The quantitative estimate of drug-likeness (QED) is 0.368. The van der Waals surface area contributed by atoms with E-state index in [1.165, 1.54) is 25.3 Å². The number of hydrogen-bond acceptors (Lipinski definition) is 8. The van der Waals surface area contributed by atoms with Crippen LogP contribution < -0.4 is 15.0 Å². The first kappa shape index (κ1) is 24.5. The second-order valence-corrected chi connectivity index (χ2v) is 10.2. The zero-order valence-corrected chi connectivity index (χ0v) is 20.7. The van der Waals surface area contributed by atoms with Gasteiger partial charge in [-0.25, -0.2) is 13.2 Å². The van der Waals surface area contributed by atoms with E-state index >= 15 is 0 Å². The van der Waals surface area contributed by atoms with Gasteiger partial charge >= 0.3 is 5.97 Å². The van der Waals surface area contributed by atoms with Crippen LogP contribution in [0.2, 0.25) is 0 Å². The lowest BCUT2D eigenvalue weighted by atomic mass is 10.1. The van der Waals surface area contributed by atoms with Gasteiger partial charge < -0.3 is 19.2 Å². The first-order valence-electron chi connectivity index (χ1n) is 11.4. The third kappa shape index (κ3) is 4.91. The van der Waals surface area contributed by atoms with Crippen molar-refractivity contribution in [1.29, 1.82) is 0 Å². The van der Waals surface area contributed by atoms with Gasteiger partial charge in [-0.15, -0.1) is 0 Å². The summed E-state index contributed by atoms with van der Waals surface area (Å²) in [5.74, 6) is 0.294. The summed E-state index contributed by atoms with van der Waals surface area (Å²) >= 11 is 0. The highest BCUT2D eigenvalue weighted by molar-refractivity contribution is 7.89. The van der Waals surface area contributed by atoms with Crippen LogP contribution in [0.1, 0.15) is 21.5 Å². The van der Waals surface area contributed by atoms with Crippen LogP contribution in [0, 0.1) is 0 Å². The lowest BCUT2D eigenvalue weighted by Gasteiger charge is -2.23. The summed E-state index contributed by atoms with van der Waals surface area (Å²) < 4.78 is 45.0. The maximum Gasteiger partial charge on any atom is 0.339 e. The molecule has 11 heteroatoms. The first-order chi connectivity index (χ1) is 17.9. The summed E-state index contributed by atoms with van der Waals surface area (Å²) in [6.07, 6.45) is 3.12. The molecule has 0 radical (unpaired) electrons. The number of nitrogens with zero attached hydrogens (tertiary/aromatic N) is 2. The second kappa shape index (κ2) is 10.0. The van der Waals surface area contributed by atoms with E-state index in [-0.39, 0.29) is 29.1 Å². The molecule has 190 valence electrons. The monoisotopic (exact) mass is 521 g/mol. The molecule has 3 heterocycles. The van der Waals surface area contributed by atoms with Crippen molar-refractivity contribution in [1.82, 2.24) is 14.3 Å². The smallest absolute Gasteiger partial charge is 0.339 e. The highest BCUT2D eigenvalue weighted by atomic mass is 32.2. The van der Waals surface area contributed by atoms with Gasteiger partial charge in [0, 0.05) is 42.5 Å². The van der Waals surface area contributed by atoms with Gasteiger partial charge in [-0.1, -0.05) is 18.2 Å². The molecule has 0 saturated heterocycles. The topological polar surface area (TPSA) is 128 Å². The molecule has 5 rings (SSSR count). The summed E-state index contributed by atoms with van der Waals surface area (Å²) in [7, 11) is -3.08. The zero-order valence-electron chi connectivity index (χ0n) is 19.8. The molecule has 1 aliphatic rings. The average Bonchev–Trinajstić information content (AvgIpc) is 2.92. The number of hydrogen-bond donors (Lipinski definition) is 1. The van der Waals surface area contributed by atoms with Crippen molar-refractivity contribution in [3.05, 3.63) is 94.0 Å². The van der Waals surface area contributed by atoms with E-state index in [1.807, 2.05) is 0 Å². The molecule has 0 amide bonds. The van der Waals surface area contributed by atoms with Gasteiger partial charge in [-0.05, 0) is 35.9 Å². The molecule has 0 atom stereocenters. The number of H-pyrrole nitrogens is 1. The van der Waals surface area contributed by atoms with Crippen LogP contribution in [0.5, 0.6) is 11.5 Å². The minimum Gasteiger partial charge on any atom is -0.486 e. The fraction of sp³-hybridized carbons (Fsp3) is 0.192. The van der Waals surface area contributed by atoms with Crippen molar-refractivity contribution >= 4 is 26.9 Å². The number of aromatic nitrogens is 2. The zero-order chi connectivity index (χ0) is 26.0. The number of carbonyl (C=O) groups excluding carboxylic acids is 1. The number of esters is 1. The number of rotatable bonds is 7. The lowest BCUT2D eigenvalue weighted by molar-refractivity contribution is 0.0596. The van der Waals surface area contributed by atoms with Crippen LogP contribution in [0.15, 0.2) is 76.7 Å². The number of methoxy groups -OCH3 is 1. The predicted octanol–water partition coefficient (Wildman–Crippen LogP) is 2.87. The Labute approximate surface area is 212 Å². The van der Waals surface area contributed by atoms with Gasteiger partial charge in [0.25, 0.3) is 5.56 Å². The summed E-state index contributed by atoms with van der Waals surface area (Å²) in [5, 5.41) is 0.660. The summed E-state index contributed by atoms with van der Waals surface area (Å²) in [5.41, 5.74) is 0.815. The fourth-order valence-electron chi connectivity index (χ4n) is 4.13. The van der Waals surface area contributed by atoms with E-state index in [9.17, 15) is 18.0 Å². The molecule has 1 aliphatic heterocycles. The Morgan fingerprint density at radius 2 is 1.81 bits per heavy atom. The Hall–Kier alpha value is -4.22. The normalized spacial score (nSPS) is 13.0. The van der Waals surface area contributed by atoms with Crippen LogP contribution in [0.3, 0.4) is 0 Å². The number of sulfonamides is 1. The highest BCUT2D eigenvalue weighted by Gasteiger charge is 2.30. The Morgan fingerprint density at radius 3 is 2.54 bits per heavy atom. The Kier molecular flexibility index (Phi) is 6.64. The predicted molar refractivity (Wildman–Crippen MR) is 134 cm³/mol. The molecular weight excluding hydrogens is 498 g/mol. The molecule has 0 fully saturated rings. The number of nitrogens with one attached hydrogen (secondary N) is 1. The second-order valence-electron chi connectivity index (χ2n) is 8.33. The maximum absolute atomic E-state index is 13.9. The summed E-state index contributed by atoms with van der Waals surface area (Å²) in [6, 6.07) is 14.3. The summed E-state index contributed by atoms with van der Waals surface area (Å²) in [4.78, 5) is 32.0. The van der Waals surface area contributed by atoms with E-state index in [0.717, 1.165) is 4.31 Å². The SMILES string of the molecule is COC(=O)c1ccccc1S(=O)(=O)N(Cc1cccnc1)Cc1cc2cc3c(cc2[nH]c1=O)OCCO3. The van der Waals surface area contributed by atoms with Crippen molar-refractivity contribution in [2.24, 2.45) is 0 Å². The van der Waals surface area contributed by atoms with Crippen molar-refractivity contribution < 1.29 is 27.4 Å². The molecule has 0 spiro atoms. The van der Waals surface area contributed by atoms with Crippen LogP contribution in [-0.4, -0.2) is 49.0 Å². The number of aromatic amines is 1. The molecule has 2 aromatic carbocycles. The van der Waals surface area contributed by atoms with Crippen LogP contribution in [0.4, 0.5) is 0 Å². The third-order valence-electron chi connectivity index (χ3n) is 5.92. The molecule has 0 unspecified atom stereocenters. The number of pyridine rings is 2. The van der Waals surface area contributed by atoms with Gasteiger partial charge in [0.2, 0.25) is 10.0 Å². The van der Waals surface area contributed by atoms with E-state index in [2.05, 4.69) is 9.97 Å². The van der Waals surface area contributed by atoms with Gasteiger partial charge in [-0.2, -0.15) is 4.31 Å². The van der Waals surface area contributed by atoms with Crippen LogP contribution in [-0.2, 0) is 27.8 Å². The molecule has 4 aromatic rings. The minimum absolute atomic E-state index is 0.0791. The molecular formula is C26H23N3O7S. The van der Waals surface area contributed by atoms with Crippen LogP contribution >= 0.6 is 0 Å². The average molecular weight is 522 g/mol. The molecule has 0 aliphatic carbocycles. The number of ether oxygens (including phenoxy) is 3. The molecule has 0 saturated carbocycles. The van der Waals surface area contributed by atoms with Crippen molar-refractivity contribution in [2.75, 3.05) is 20.3 Å². The number of benzene rings is 2. The molecule has 37 heavy (non-hydrogen) atoms. The van der Waals surface area contributed by atoms with E-state index in [4.69, 9.17) is 14.2 Å². The molecule has 10 nitrogen and oxygen atoms in total. The van der Waals surface area contributed by atoms with E-state index in [1.54, 1.807) is 48.8 Å². The van der Waals surface area contributed by atoms with Gasteiger partial charge in [0.05, 0.1) is 23.1 Å². The van der Waals surface area contributed by atoms with E-state index in [0.29, 0.717) is 41.2 Å². The van der Waals surface area contributed by atoms with E-state index < -0.39 is 21.6 Å². The highest BCUT2D eigenvalue weighted by Crippen LogP contribution is 2.34. The minimum atomic E-state index is -4.26. The third-order valence-corrected chi connectivity index (χ3v) is 7.77. The van der Waals surface area contributed by atoms with Crippen molar-refractivity contribution in [2.45, 2.75) is 18.0 Å². The largest absolute Gasteiger partial charge is 0.486 e. The number of carbonyl (C=O) groups is 1. The van der Waals surface area contributed by atoms with Gasteiger partial charge in [0.1, 0.15) is 13.2 Å². The Morgan fingerprint density at radius 1 is 1.05 bits per heavy atom. The lowest BCUT2D eigenvalue weighted by Crippen LogP contribution is -2.33. The Balaban J connectivity index is 1.59. The molecule has 2 aromatic heterocycles. The fourth-order valence-corrected chi connectivity index (χ4v) is 5.71. The van der Waals surface area contributed by atoms with Crippen molar-refractivity contribution in [3.63, 3.8) is 0 Å². The Bertz CT molecular complexity index is 1640. The first-order valence-corrected chi connectivity index (χ1v) is 12.8. The summed E-state index contributed by atoms with van der Waals surface area (Å²) in [6.45, 7) is 0.483. The van der Waals surface area contributed by atoms with Crippen LogP contribution in [0.25, 0.3) is 10.9 Å². The maximum atomic E-state index is 13.9. The standard InChI is InChI=1S/C26H23N3O7S/c1-34-26(31)20-6-2-3-7-24(20)37(32,33)29(15-17-5-4-8-27-14-17)16-19-11-18-12-22-23(36-10-9-35-22)13-21(18)28-25(19)30/h2-8,11-14H,9-10,15-16H2,1H3,(H,28,30). The van der Waals surface area contributed by atoms with Gasteiger partial charge in [-0.3, -0.25) is 9.78 Å². The number of fused-ring (bicyclic) bond motifs is 2. The molecule has 0 bridgehead atoms.